The van der Waals surface area contributed by atoms with Gasteiger partial charge in [-0.3, -0.25) is 0 Å². The molecule has 2 aromatic rings. The van der Waals surface area contributed by atoms with Gasteiger partial charge in [0.05, 0.1) is 23.5 Å². The first-order valence-corrected chi connectivity index (χ1v) is 5.67. The summed E-state index contributed by atoms with van der Waals surface area (Å²) in [5.74, 6) is -0.612. The minimum Gasteiger partial charge on any atom is -0.478 e. The van der Waals surface area contributed by atoms with Crippen LogP contribution in [-0.2, 0) is 6.54 Å². The number of benzene rings is 1. The number of aromatic nitrogens is 1. The molecule has 0 saturated carbocycles. The van der Waals surface area contributed by atoms with Gasteiger partial charge in [-0.2, -0.15) is 0 Å². The van der Waals surface area contributed by atoms with Crippen molar-refractivity contribution in [1.29, 1.82) is 0 Å². The molecule has 5 nitrogen and oxygen atoms in total. The van der Waals surface area contributed by atoms with E-state index in [2.05, 4.69) is 10.3 Å². The number of hydrogen-bond acceptors (Lipinski definition) is 4. The van der Waals surface area contributed by atoms with E-state index in [9.17, 15) is 9.18 Å². The SMILES string of the molecule is Cc1nc(CNc2ccc(C(=O)O)cc2F)oc1C. The van der Waals surface area contributed by atoms with Gasteiger partial charge in [0.15, 0.2) is 0 Å². The fraction of sp³-hybridized carbons (Fsp3) is 0.231. The van der Waals surface area contributed by atoms with E-state index in [1.807, 2.05) is 6.92 Å². The van der Waals surface area contributed by atoms with Crippen LogP contribution < -0.4 is 5.32 Å². The summed E-state index contributed by atoms with van der Waals surface area (Å²) in [7, 11) is 0. The normalized spacial score (nSPS) is 10.5. The number of nitrogens with zero attached hydrogens (tertiary/aromatic N) is 1. The molecule has 19 heavy (non-hydrogen) atoms. The molecule has 0 aliphatic heterocycles. The lowest BCUT2D eigenvalue weighted by atomic mass is 10.2. The smallest absolute Gasteiger partial charge is 0.335 e. The number of nitrogens with one attached hydrogen (secondary N) is 1. The average molecular weight is 264 g/mol. The molecule has 0 aliphatic carbocycles. The molecule has 0 spiro atoms. The molecule has 6 heteroatoms. The first-order chi connectivity index (χ1) is 8.97. The molecule has 0 fully saturated rings. The largest absolute Gasteiger partial charge is 0.478 e. The second-order valence-electron chi connectivity index (χ2n) is 4.10. The minimum absolute atomic E-state index is 0.0918. The Balaban J connectivity index is 2.09. The fourth-order valence-electron chi connectivity index (χ4n) is 1.58. The van der Waals surface area contributed by atoms with Crippen LogP contribution >= 0.6 is 0 Å². The van der Waals surface area contributed by atoms with Crippen LogP contribution in [-0.4, -0.2) is 16.1 Å². The number of aryl methyl sites for hydroxylation is 2. The minimum atomic E-state index is -1.16. The highest BCUT2D eigenvalue weighted by Crippen LogP contribution is 2.17. The summed E-state index contributed by atoms with van der Waals surface area (Å²) < 4.78 is 19.0. The van der Waals surface area contributed by atoms with E-state index in [-0.39, 0.29) is 17.8 Å². The number of anilines is 1. The zero-order valence-corrected chi connectivity index (χ0v) is 10.5. The standard InChI is InChI=1S/C13H13FN2O3/c1-7-8(2)19-12(16-7)6-15-11-4-3-9(13(17)18)5-10(11)14/h3-5,15H,6H2,1-2H3,(H,17,18). The molecule has 2 N–H and O–H groups in total. The van der Waals surface area contributed by atoms with Gasteiger partial charge >= 0.3 is 5.97 Å². The zero-order chi connectivity index (χ0) is 14.0. The quantitative estimate of drug-likeness (QED) is 0.888. The molecule has 1 aromatic heterocycles. The molecule has 0 unspecified atom stereocenters. The summed E-state index contributed by atoms with van der Waals surface area (Å²) in [5.41, 5.74) is 0.905. The molecule has 0 aliphatic rings. The molecular weight excluding hydrogens is 251 g/mol. The van der Waals surface area contributed by atoms with Crippen LogP contribution in [0.4, 0.5) is 10.1 Å². The Kier molecular flexibility index (Phi) is 3.50. The van der Waals surface area contributed by atoms with Gasteiger partial charge in [0.2, 0.25) is 5.89 Å². The molecule has 1 heterocycles. The van der Waals surface area contributed by atoms with Crippen LogP contribution in [0.25, 0.3) is 0 Å². The molecule has 1 aromatic carbocycles. The summed E-state index contributed by atoms with van der Waals surface area (Å²) in [6, 6.07) is 3.68. The molecular formula is C13H13FN2O3. The van der Waals surface area contributed by atoms with Crippen molar-refractivity contribution in [3.8, 4) is 0 Å². The zero-order valence-electron chi connectivity index (χ0n) is 10.5. The summed E-state index contributed by atoms with van der Waals surface area (Å²) in [6.45, 7) is 3.86. The van der Waals surface area contributed by atoms with E-state index in [0.717, 1.165) is 17.5 Å². The molecule has 0 atom stereocenters. The molecule has 2 rings (SSSR count). The molecule has 0 radical (unpaired) electrons. The van der Waals surface area contributed by atoms with Crippen molar-refractivity contribution in [3.05, 3.63) is 46.9 Å². The first-order valence-electron chi connectivity index (χ1n) is 5.67. The Morgan fingerprint density at radius 2 is 2.21 bits per heavy atom. The maximum absolute atomic E-state index is 13.6. The van der Waals surface area contributed by atoms with Gasteiger partial charge < -0.3 is 14.8 Å². The lowest BCUT2D eigenvalue weighted by Crippen LogP contribution is -2.04. The van der Waals surface area contributed by atoms with Crippen molar-refractivity contribution >= 4 is 11.7 Å². The van der Waals surface area contributed by atoms with Crippen molar-refractivity contribution in [3.63, 3.8) is 0 Å². The lowest BCUT2D eigenvalue weighted by molar-refractivity contribution is 0.0696. The molecule has 100 valence electrons. The Hall–Kier alpha value is -2.37. The summed E-state index contributed by atoms with van der Waals surface area (Å²) in [4.78, 5) is 14.8. The highest BCUT2D eigenvalue weighted by molar-refractivity contribution is 5.88. The van der Waals surface area contributed by atoms with E-state index in [0.29, 0.717) is 5.89 Å². The molecule has 0 bridgehead atoms. The van der Waals surface area contributed by atoms with E-state index in [4.69, 9.17) is 9.52 Å². The van der Waals surface area contributed by atoms with Crippen molar-refractivity contribution in [2.24, 2.45) is 0 Å². The monoisotopic (exact) mass is 264 g/mol. The predicted molar refractivity (Wildman–Crippen MR) is 66.7 cm³/mol. The average Bonchev–Trinajstić information content (AvgIpc) is 2.67. The summed E-state index contributed by atoms with van der Waals surface area (Å²) in [6.07, 6.45) is 0. The lowest BCUT2D eigenvalue weighted by Gasteiger charge is -2.05. The third-order valence-corrected chi connectivity index (χ3v) is 2.72. The van der Waals surface area contributed by atoms with Gasteiger partial charge in [0.25, 0.3) is 0 Å². The van der Waals surface area contributed by atoms with E-state index < -0.39 is 11.8 Å². The maximum Gasteiger partial charge on any atom is 0.335 e. The number of carboxylic acids is 1. The van der Waals surface area contributed by atoms with Crippen LogP contribution in [0.3, 0.4) is 0 Å². The first kappa shape index (κ1) is 13.1. The van der Waals surface area contributed by atoms with Crippen LogP contribution in [0.2, 0.25) is 0 Å². The van der Waals surface area contributed by atoms with Crippen molar-refractivity contribution in [2.75, 3.05) is 5.32 Å². The molecule has 0 saturated heterocycles. The fourth-order valence-corrected chi connectivity index (χ4v) is 1.58. The van der Waals surface area contributed by atoms with E-state index >= 15 is 0 Å². The number of aromatic carboxylic acids is 1. The molecule has 0 amide bonds. The number of rotatable bonds is 4. The Bertz CT molecular complexity index is 603. The number of carboxylic acid groups (broad SMARTS) is 1. The highest BCUT2D eigenvalue weighted by Gasteiger charge is 2.10. The Morgan fingerprint density at radius 3 is 2.74 bits per heavy atom. The maximum atomic E-state index is 13.6. The van der Waals surface area contributed by atoms with Crippen LogP contribution in [0.15, 0.2) is 22.6 Å². The topological polar surface area (TPSA) is 75.4 Å². The summed E-state index contributed by atoms with van der Waals surface area (Å²) >= 11 is 0. The number of carbonyl (C=O) groups is 1. The number of halogens is 1. The van der Waals surface area contributed by atoms with E-state index in [1.165, 1.54) is 12.1 Å². The van der Waals surface area contributed by atoms with Gasteiger partial charge in [0, 0.05) is 0 Å². The Labute approximate surface area is 109 Å². The Morgan fingerprint density at radius 1 is 1.47 bits per heavy atom. The van der Waals surface area contributed by atoms with Gasteiger partial charge in [-0.15, -0.1) is 0 Å². The van der Waals surface area contributed by atoms with Crippen LogP contribution in [0.5, 0.6) is 0 Å². The highest BCUT2D eigenvalue weighted by atomic mass is 19.1. The van der Waals surface area contributed by atoms with Crippen molar-refractivity contribution < 1.29 is 18.7 Å². The number of oxazole rings is 1. The second kappa shape index (κ2) is 5.09. The van der Waals surface area contributed by atoms with Crippen molar-refractivity contribution in [1.82, 2.24) is 4.98 Å². The van der Waals surface area contributed by atoms with Gasteiger partial charge in [0.1, 0.15) is 11.6 Å². The van der Waals surface area contributed by atoms with Gasteiger partial charge in [-0.05, 0) is 32.0 Å². The summed E-state index contributed by atoms with van der Waals surface area (Å²) in [5, 5.41) is 11.5. The van der Waals surface area contributed by atoms with Gasteiger partial charge in [-0.1, -0.05) is 0 Å². The van der Waals surface area contributed by atoms with Crippen LogP contribution in [0, 0.1) is 19.7 Å². The third kappa shape index (κ3) is 2.90. The van der Waals surface area contributed by atoms with E-state index in [1.54, 1.807) is 6.92 Å². The second-order valence-corrected chi connectivity index (χ2v) is 4.10. The number of hydrogen-bond donors (Lipinski definition) is 2. The van der Waals surface area contributed by atoms with Gasteiger partial charge in [-0.25, -0.2) is 14.2 Å². The van der Waals surface area contributed by atoms with Crippen molar-refractivity contribution in [2.45, 2.75) is 20.4 Å². The predicted octanol–water partition coefficient (Wildman–Crippen LogP) is 2.74. The third-order valence-electron chi connectivity index (χ3n) is 2.72. The van der Waals surface area contributed by atoms with Crippen LogP contribution in [0.1, 0.15) is 27.7 Å².